The van der Waals surface area contributed by atoms with E-state index < -0.39 is 0 Å². The quantitative estimate of drug-likeness (QED) is 0.158. The van der Waals surface area contributed by atoms with Gasteiger partial charge in [-0.1, -0.05) is 75.6 Å². The highest BCUT2D eigenvalue weighted by atomic mass is 19.1. The van der Waals surface area contributed by atoms with Crippen molar-refractivity contribution in [2.45, 2.75) is 45.4 Å². The van der Waals surface area contributed by atoms with E-state index in [9.17, 15) is 4.39 Å². The van der Waals surface area contributed by atoms with Crippen LogP contribution in [0.3, 0.4) is 0 Å². The molecule has 0 radical (unpaired) electrons. The van der Waals surface area contributed by atoms with Crippen LogP contribution >= 0.6 is 0 Å². The van der Waals surface area contributed by atoms with E-state index in [-0.39, 0.29) is 5.82 Å². The first kappa shape index (κ1) is 27.4. The first-order valence-electron chi connectivity index (χ1n) is 14.5. The minimum atomic E-state index is -0.282. The van der Waals surface area contributed by atoms with Gasteiger partial charge in [0.15, 0.2) is 5.82 Å². The Hall–Kier alpha value is -4.78. The highest BCUT2D eigenvalue weighted by molar-refractivity contribution is 5.95. The maximum Gasteiger partial charge on any atom is 0.159 e. The van der Waals surface area contributed by atoms with Crippen LogP contribution in [0.5, 0.6) is 0 Å². The third-order valence-corrected chi connectivity index (χ3v) is 8.02. The molecule has 7 heteroatoms. The molecule has 3 aromatic heterocycles. The number of nitrogens with one attached hydrogen (secondary N) is 3. The summed E-state index contributed by atoms with van der Waals surface area (Å²) in [5.41, 5.74) is 9.00. The minimum Gasteiger partial charge on any atom is -0.358 e. The van der Waals surface area contributed by atoms with Crippen molar-refractivity contribution in [1.29, 1.82) is 0 Å². The molecule has 0 atom stereocenters. The van der Waals surface area contributed by atoms with E-state index in [0.29, 0.717) is 5.82 Å². The lowest BCUT2D eigenvalue weighted by Crippen LogP contribution is -2.10. The lowest BCUT2D eigenvalue weighted by atomic mass is 9.86. The molecule has 0 spiro atoms. The van der Waals surface area contributed by atoms with E-state index in [0.717, 1.165) is 74.0 Å². The Morgan fingerprint density at radius 3 is 2.64 bits per heavy atom. The molecular formula is C35H35FN6. The van der Waals surface area contributed by atoms with Crippen molar-refractivity contribution in [3.63, 3.8) is 0 Å². The van der Waals surface area contributed by atoms with Crippen LogP contribution in [0.4, 0.5) is 10.1 Å². The summed E-state index contributed by atoms with van der Waals surface area (Å²) in [4.78, 5) is 12.9. The first-order chi connectivity index (χ1) is 20.5. The lowest BCUT2D eigenvalue weighted by Gasteiger charge is -2.22. The second-order valence-corrected chi connectivity index (χ2v) is 11.1. The molecule has 0 amide bonds. The molecular weight excluding hydrogens is 523 g/mol. The number of fused-ring (bicyclic) bond motifs is 1. The van der Waals surface area contributed by atoms with E-state index >= 15 is 0 Å². The molecule has 1 aliphatic rings. The van der Waals surface area contributed by atoms with Crippen LogP contribution < -0.4 is 5.32 Å². The van der Waals surface area contributed by atoms with E-state index in [4.69, 9.17) is 4.98 Å². The molecule has 5 aromatic rings. The summed E-state index contributed by atoms with van der Waals surface area (Å²) in [6.45, 7) is 10.1. The molecule has 0 aliphatic heterocycles. The number of allylic oxidation sites excluding steroid dienone is 3. The van der Waals surface area contributed by atoms with Gasteiger partial charge in [-0.05, 0) is 60.7 Å². The van der Waals surface area contributed by atoms with E-state index in [1.165, 1.54) is 44.2 Å². The average molecular weight is 559 g/mol. The number of rotatable bonds is 9. The Labute approximate surface area is 245 Å². The topological polar surface area (TPSA) is 82.3 Å². The lowest BCUT2D eigenvalue weighted by molar-refractivity contribution is 0.357. The van der Waals surface area contributed by atoms with Gasteiger partial charge in [0.2, 0.25) is 0 Å². The van der Waals surface area contributed by atoms with Crippen LogP contribution in [0.15, 0.2) is 91.9 Å². The smallest absolute Gasteiger partial charge is 0.159 e. The summed E-state index contributed by atoms with van der Waals surface area (Å²) in [5.74, 6) is 1.09. The van der Waals surface area contributed by atoms with Crippen molar-refractivity contribution in [1.82, 2.24) is 25.1 Å². The number of hydrogen-bond donors (Lipinski definition) is 3. The standard InChI is InChI=1S/C35H35FN6/c1-4-8-30(25-11-14-28(36)15-12-25)33-23(3)39-35(40-33)34-31-19-26(13-16-32(31)41-42-34)27-18-29(21-37-20-27)38-22(2)17-24-9-6-5-7-10-24/h4,8,11-16,18-21,24,38H,1-2,5-7,9-10,17H2,3H3,(H,39,40)(H,41,42)/b30-8-. The SMILES string of the molecule is C=C/C=C(/c1ccc(F)cc1)c1nc(-c2n[nH]c3ccc(-c4cncc(NC(=C)CC5CCCCC5)c4)cc23)[nH]c1C. The fraction of sp³-hybridized carbons (Fsp3) is 0.229. The number of anilines is 1. The number of hydrogen-bond acceptors (Lipinski definition) is 4. The predicted molar refractivity (Wildman–Crippen MR) is 169 cm³/mol. The van der Waals surface area contributed by atoms with Crippen LogP contribution in [0, 0.1) is 18.7 Å². The molecule has 3 N–H and O–H groups in total. The van der Waals surface area contributed by atoms with Crippen LogP contribution in [-0.2, 0) is 0 Å². The fourth-order valence-electron chi connectivity index (χ4n) is 5.93. The Morgan fingerprint density at radius 1 is 1.05 bits per heavy atom. The maximum atomic E-state index is 13.6. The second kappa shape index (κ2) is 12.0. The monoisotopic (exact) mass is 558 g/mol. The number of aromatic amines is 2. The fourth-order valence-corrected chi connectivity index (χ4v) is 5.93. The number of imidazole rings is 1. The van der Waals surface area contributed by atoms with Gasteiger partial charge < -0.3 is 10.3 Å². The molecule has 212 valence electrons. The third-order valence-electron chi connectivity index (χ3n) is 8.02. The van der Waals surface area contributed by atoms with Gasteiger partial charge in [0.05, 0.1) is 23.1 Å². The molecule has 2 aromatic carbocycles. The first-order valence-corrected chi connectivity index (χ1v) is 14.5. The maximum absolute atomic E-state index is 13.6. The third kappa shape index (κ3) is 5.81. The van der Waals surface area contributed by atoms with Crippen LogP contribution in [0.2, 0.25) is 0 Å². The summed E-state index contributed by atoms with van der Waals surface area (Å²) in [6, 6.07) is 14.7. The molecule has 42 heavy (non-hydrogen) atoms. The van der Waals surface area contributed by atoms with Gasteiger partial charge in [0.25, 0.3) is 0 Å². The van der Waals surface area contributed by atoms with Crippen molar-refractivity contribution in [3.8, 4) is 22.6 Å². The van der Waals surface area contributed by atoms with Gasteiger partial charge in [-0.2, -0.15) is 5.10 Å². The predicted octanol–water partition coefficient (Wildman–Crippen LogP) is 8.98. The number of nitrogens with zero attached hydrogens (tertiary/aromatic N) is 3. The normalized spacial score (nSPS) is 14.3. The van der Waals surface area contributed by atoms with Crippen molar-refractivity contribution in [3.05, 3.63) is 115 Å². The van der Waals surface area contributed by atoms with Gasteiger partial charge in [-0.15, -0.1) is 0 Å². The van der Waals surface area contributed by atoms with Crippen LogP contribution in [-0.4, -0.2) is 25.1 Å². The number of aromatic nitrogens is 5. The van der Waals surface area contributed by atoms with Gasteiger partial charge in [0, 0.05) is 34.1 Å². The highest BCUT2D eigenvalue weighted by Crippen LogP contribution is 2.33. The van der Waals surface area contributed by atoms with Gasteiger partial charge in [-0.25, -0.2) is 9.37 Å². The summed E-state index contributed by atoms with van der Waals surface area (Å²) >= 11 is 0. The van der Waals surface area contributed by atoms with Gasteiger partial charge in [-0.3, -0.25) is 10.1 Å². The van der Waals surface area contributed by atoms with Crippen LogP contribution in [0.1, 0.15) is 55.5 Å². The summed E-state index contributed by atoms with van der Waals surface area (Å²) in [5, 5.41) is 12.2. The summed E-state index contributed by atoms with van der Waals surface area (Å²) in [6.07, 6.45) is 14.9. The van der Waals surface area contributed by atoms with Gasteiger partial charge in [0.1, 0.15) is 11.5 Å². The number of aryl methyl sites for hydroxylation is 1. The zero-order chi connectivity index (χ0) is 29.1. The Morgan fingerprint density at radius 2 is 1.86 bits per heavy atom. The molecule has 1 saturated carbocycles. The molecule has 6 rings (SSSR count). The van der Waals surface area contributed by atoms with E-state index in [1.54, 1.807) is 18.2 Å². The van der Waals surface area contributed by atoms with Crippen LogP contribution in [0.25, 0.3) is 39.1 Å². The van der Waals surface area contributed by atoms with Gasteiger partial charge >= 0.3 is 0 Å². The van der Waals surface area contributed by atoms with Crippen molar-refractivity contribution < 1.29 is 4.39 Å². The van der Waals surface area contributed by atoms with Crippen molar-refractivity contribution in [2.24, 2.45) is 5.92 Å². The molecule has 6 nitrogen and oxygen atoms in total. The molecule has 0 bridgehead atoms. The largest absolute Gasteiger partial charge is 0.358 e. The number of H-pyrrole nitrogens is 2. The summed E-state index contributed by atoms with van der Waals surface area (Å²) < 4.78 is 13.6. The zero-order valence-electron chi connectivity index (χ0n) is 23.9. The molecule has 0 unspecified atom stereocenters. The zero-order valence-corrected chi connectivity index (χ0v) is 23.9. The van der Waals surface area contributed by atoms with Crippen molar-refractivity contribution >= 4 is 22.2 Å². The summed E-state index contributed by atoms with van der Waals surface area (Å²) in [7, 11) is 0. The Balaban J connectivity index is 1.28. The number of halogens is 1. The molecule has 1 aliphatic carbocycles. The number of benzene rings is 2. The Bertz CT molecular complexity index is 1770. The van der Waals surface area contributed by atoms with Crippen molar-refractivity contribution in [2.75, 3.05) is 5.32 Å². The highest BCUT2D eigenvalue weighted by Gasteiger charge is 2.19. The number of pyridine rings is 1. The Kier molecular flexibility index (Phi) is 7.82. The average Bonchev–Trinajstić information content (AvgIpc) is 3.60. The van der Waals surface area contributed by atoms with E-state index in [1.807, 2.05) is 31.5 Å². The molecule has 3 heterocycles. The van der Waals surface area contributed by atoms with E-state index in [2.05, 4.69) is 56.8 Å². The molecule has 1 fully saturated rings. The second-order valence-electron chi connectivity index (χ2n) is 11.1. The molecule has 0 saturated heterocycles. The minimum absolute atomic E-state index is 0.282.